The molecule has 0 aliphatic heterocycles. The molecule has 0 saturated carbocycles. The summed E-state index contributed by atoms with van der Waals surface area (Å²) < 4.78 is 31.3. The van der Waals surface area contributed by atoms with Gasteiger partial charge in [-0.15, -0.1) is 0 Å². The smallest absolute Gasteiger partial charge is 0.325 e. The lowest BCUT2D eigenvalue weighted by atomic mass is 10.2. The van der Waals surface area contributed by atoms with E-state index in [1.807, 2.05) is 0 Å². The molecule has 0 fully saturated rings. The minimum atomic E-state index is -0.729. The van der Waals surface area contributed by atoms with E-state index in [0.717, 1.165) is 6.07 Å². The number of hydrogen-bond acceptors (Lipinski definition) is 3. The molecular formula is C11H13F2NO2. The lowest BCUT2D eigenvalue weighted by Gasteiger charge is -2.09. The Morgan fingerprint density at radius 3 is 2.75 bits per heavy atom. The van der Waals surface area contributed by atoms with Crippen LogP contribution in [0.1, 0.15) is 12.5 Å². The third-order valence-corrected chi connectivity index (χ3v) is 2.00. The highest BCUT2D eigenvalue weighted by Gasteiger charge is 2.12. The molecule has 0 amide bonds. The molecule has 16 heavy (non-hydrogen) atoms. The summed E-state index contributed by atoms with van der Waals surface area (Å²) in [6.07, 6.45) is 0. The van der Waals surface area contributed by atoms with Crippen LogP contribution in [0.25, 0.3) is 0 Å². The summed E-state index contributed by atoms with van der Waals surface area (Å²) in [5.41, 5.74) is 0.0146. The number of aryl methyl sites for hydroxylation is 1. The standard InChI is InChI=1S/C11H13F2NO2/c1-3-16-9(15)6-14-11-8(12)5-4-7(2)10(11)13/h4-5,14H,3,6H2,1-2H3. The van der Waals surface area contributed by atoms with Crippen molar-refractivity contribution in [1.82, 2.24) is 0 Å². The van der Waals surface area contributed by atoms with Crippen LogP contribution in [0.3, 0.4) is 0 Å². The number of hydrogen-bond donors (Lipinski definition) is 1. The van der Waals surface area contributed by atoms with Gasteiger partial charge >= 0.3 is 5.97 Å². The van der Waals surface area contributed by atoms with Crippen LogP contribution >= 0.6 is 0 Å². The Morgan fingerprint density at radius 2 is 2.12 bits per heavy atom. The van der Waals surface area contributed by atoms with Crippen LogP contribution in [0.4, 0.5) is 14.5 Å². The van der Waals surface area contributed by atoms with E-state index in [9.17, 15) is 13.6 Å². The minimum absolute atomic E-state index is 0.235. The minimum Gasteiger partial charge on any atom is -0.465 e. The summed E-state index contributed by atoms with van der Waals surface area (Å²) in [7, 11) is 0. The Hall–Kier alpha value is -1.65. The molecule has 0 heterocycles. The van der Waals surface area contributed by atoms with Gasteiger partial charge in [-0.25, -0.2) is 8.78 Å². The van der Waals surface area contributed by atoms with Gasteiger partial charge in [0.1, 0.15) is 18.0 Å². The van der Waals surface area contributed by atoms with Crippen molar-refractivity contribution >= 4 is 11.7 Å². The predicted octanol–water partition coefficient (Wildman–Crippen LogP) is 2.25. The molecular weight excluding hydrogens is 216 g/mol. The van der Waals surface area contributed by atoms with Crippen molar-refractivity contribution in [3.05, 3.63) is 29.3 Å². The van der Waals surface area contributed by atoms with E-state index in [4.69, 9.17) is 0 Å². The zero-order chi connectivity index (χ0) is 12.1. The summed E-state index contributed by atoms with van der Waals surface area (Å²) in [4.78, 5) is 11.0. The number of rotatable bonds is 4. The molecule has 0 saturated heterocycles. The van der Waals surface area contributed by atoms with Gasteiger partial charge in [0, 0.05) is 0 Å². The van der Waals surface area contributed by atoms with Gasteiger partial charge in [0.15, 0.2) is 5.82 Å². The van der Waals surface area contributed by atoms with Crippen molar-refractivity contribution in [1.29, 1.82) is 0 Å². The third-order valence-electron chi connectivity index (χ3n) is 2.00. The molecule has 0 atom stereocenters. The van der Waals surface area contributed by atoms with Crippen molar-refractivity contribution < 1.29 is 18.3 Å². The maximum Gasteiger partial charge on any atom is 0.325 e. The number of benzene rings is 1. The fourth-order valence-electron chi connectivity index (χ4n) is 1.19. The number of esters is 1. The number of nitrogens with one attached hydrogen (secondary N) is 1. The Morgan fingerprint density at radius 1 is 1.44 bits per heavy atom. The van der Waals surface area contributed by atoms with Gasteiger partial charge in [-0.05, 0) is 25.5 Å². The van der Waals surface area contributed by atoms with Gasteiger partial charge < -0.3 is 10.1 Å². The van der Waals surface area contributed by atoms with E-state index >= 15 is 0 Å². The van der Waals surface area contributed by atoms with Crippen molar-refractivity contribution in [2.45, 2.75) is 13.8 Å². The maximum atomic E-state index is 13.4. The van der Waals surface area contributed by atoms with Crippen LogP contribution in [-0.2, 0) is 9.53 Å². The van der Waals surface area contributed by atoms with Crippen molar-refractivity contribution in [3.63, 3.8) is 0 Å². The Kier molecular flexibility index (Phi) is 4.22. The lowest BCUT2D eigenvalue weighted by Crippen LogP contribution is -2.18. The number of halogens is 2. The van der Waals surface area contributed by atoms with E-state index in [2.05, 4.69) is 10.1 Å². The highest BCUT2D eigenvalue weighted by molar-refractivity contribution is 5.75. The van der Waals surface area contributed by atoms with Crippen LogP contribution in [0.15, 0.2) is 12.1 Å². The van der Waals surface area contributed by atoms with E-state index in [1.54, 1.807) is 6.92 Å². The summed E-state index contributed by atoms with van der Waals surface area (Å²) in [5, 5.41) is 2.38. The predicted molar refractivity (Wildman–Crippen MR) is 56.2 cm³/mol. The molecule has 88 valence electrons. The van der Waals surface area contributed by atoms with Crippen molar-refractivity contribution in [2.75, 3.05) is 18.5 Å². The Bertz CT molecular complexity index is 394. The van der Waals surface area contributed by atoms with E-state index < -0.39 is 17.6 Å². The Labute approximate surface area is 92.4 Å². The molecule has 1 aromatic carbocycles. The summed E-state index contributed by atoms with van der Waals surface area (Å²) in [6, 6.07) is 2.48. The molecule has 1 aromatic rings. The van der Waals surface area contributed by atoms with Crippen LogP contribution in [0.2, 0.25) is 0 Å². The third kappa shape index (κ3) is 2.92. The van der Waals surface area contributed by atoms with E-state index in [1.165, 1.54) is 13.0 Å². The molecule has 1 N–H and O–H groups in total. The number of ether oxygens (including phenoxy) is 1. The van der Waals surface area contributed by atoms with Crippen LogP contribution in [0.5, 0.6) is 0 Å². The number of carbonyl (C=O) groups is 1. The fraction of sp³-hybridized carbons (Fsp3) is 0.364. The van der Waals surface area contributed by atoms with Gasteiger partial charge in [0.25, 0.3) is 0 Å². The van der Waals surface area contributed by atoms with Crippen LogP contribution in [-0.4, -0.2) is 19.1 Å². The molecule has 0 radical (unpaired) electrons. The van der Waals surface area contributed by atoms with E-state index in [0.29, 0.717) is 5.56 Å². The summed E-state index contributed by atoms with van der Waals surface area (Å²) in [6.45, 7) is 3.15. The monoisotopic (exact) mass is 229 g/mol. The summed E-state index contributed by atoms with van der Waals surface area (Å²) in [5.74, 6) is -1.97. The first-order valence-corrected chi connectivity index (χ1v) is 4.90. The topological polar surface area (TPSA) is 38.3 Å². The molecule has 5 heteroatoms. The maximum absolute atomic E-state index is 13.4. The van der Waals surface area contributed by atoms with E-state index in [-0.39, 0.29) is 18.8 Å². The zero-order valence-electron chi connectivity index (χ0n) is 9.14. The highest BCUT2D eigenvalue weighted by atomic mass is 19.1. The first-order valence-electron chi connectivity index (χ1n) is 4.90. The quantitative estimate of drug-likeness (QED) is 0.805. The Balaban J connectivity index is 2.74. The van der Waals surface area contributed by atoms with Gasteiger partial charge in [0.2, 0.25) is 0 Å². The second-order valence-corrected chi connectivity index (χ2v) is 3.21. The normalized spacial score (nSPS) is 10.0. The average Bonchev–Trinajstić information content (AvgIpc) is 2.24. The molecule has 0 aliphatic carbocycles. The summed E-state index contributed by atoms with van der Waals surface area (Å²) >= 11 is 0. The number of carbonyl (C=O) groups excluding carboxylic acids is 1. The molecule has 0 bridgehead atoms. The first kappa shape index (κ1) is 12.4. The second-order valence-electron chi connectivity index (χ2n) is 3.21. The molecule has 3 nitrogen and oxygen atoms in total. The molecule has 0 spiro atoms. The SMILES string of the molecule is CCOC(=O)CNc1c(F)ccc(C)c1F. The molecule has 0 unspecified atom stereocenters. The number of anilines is 1. The van der Waals surface area contributed by atoms with Crippen LogP contribution in [0, 0.1) is 18.6 Å². The molecule has 0 aliphatic rings. The largest absolute Gasteiger partial charge is 0.465 e. The van der Waals surface area contributed by atoms with Gasteiger partial charge in [0.05, 0.1) is 6.61 Å². The van der Waals surface area contributed by atoms with Gasteiger partial charge in [-0.2, -0.15) is 0 Å². The van der Waals surface area contributed by atoms with Crippen molar-refractivity contribution in [3.8, 4) is 0 Å². The molecule has 1 rings (SSSR count). The van der Waals surface area contributed by atoms with Gasteiger partial charge in [-0.1, -0.05) is 6.07 Å². The van der Waals surface area contributed by atoms with Crippen molar-refractivity contribution in [2.24, 2.45) is 0 Å². The second kappa shape index (κ2) is 5.44. The lowest BCUT2D eigenvalue weighted by molar-refractivity contribution is -0.140. The average molecular weight is 229 g/mol. The zero-order valence-corrected chi connectivity index (χ0v) is 9.14. The fourth-order valence-corrected chi connectivity index (χ4v) is 1.19. The first-order chi connectivity index (χ1) is 7.56. The highest BCUT2D eigenvalue weighted by Crippen LogP contribution is 2.21. The van der Waals surface area contributed by atoms with Crippen LogP contribution < -0.4 is 5.32 Å². The van der Waals surface area contributed by atoms with Gasteiger partial charge in [-0.3, -0.25) is 4.79 Å². The molecule has 0 aromatic heterocycles.